The van der Waals surface area contributed by atoms with Crippen LogP contribution in [0.15, 0.2) is 42.5 Å². The van der Waals surface area contributed by atoms with Gasteiger partial charge in [0.15, 0.2) is 5.12 Å². The second kappa shape index (κ2) is 7.15. The van der Waals surface area contributed by atoms with E-state index < -0.39 is 0 Å². The van der Waals surface area contributed by atoms with Crippen molar-refractivity contribution >= 4 is 33.7 Å². The molecule has 0 aromatic heterocycles. The van der Waals surface area contributed by atoms with Gasteiger partial charge in [-0.05, 0) is 23.4 Å². The van der Waals surface area contributed by atoms with E-state index in [9.17, 15) is 4.79 Å². The van der Waals surface area contributed by atoms with Crippen LogP contribution < -0.4 is 4.74 Å². The van der Waals surface area contributed by atoms with E-state index in [4.69, 9.17) is 4.74 Å². The standard InChI is InChI=1S/C17H18O2S/c1-13(18)20-12-6-5-7-14-10-11-17(19-2)16-9-4-3-8-15(14)16/h3-5,7-11H,6,12H2,1-2H3. The van der Waals surface area contributed by atoms with Gasteiger partial charge in [0.1, 0.15) is 5.75 Å². The molecule has 0 fully saturated rings. The molecule has 20 heavy (non-hydrogen) atoms. The van der Waals surface area contributed by atoms with Gasteiger partial charge in [0.25, 0.3) is 0 Å². The number of fused-ring (bicyclic) bond motifs is 1. The summed E-state index contributed by atoms with van der Waals surface area (Å²) in [6.45, 7) is 1.60. The van der Waals surface area contributed by atoms with Crippen molar-refractivity contribution in [2.24, 2.45) is 0 Å². The average molecular weight is 286 g/mol. The first kappa shape index (κ1) is 14.7. The third-order valence-corrected chi connectivity index (χ3v) is 3.87. The molecule has 104 valence electrons. The molecule has 0 amide bonds. The van der Waals surface area contributed by atoms with Crippen LogP contribution in [0, 0.1) is 0 Å². The van der Waals surface area contributed by atoms with E-state index in [1.165, 1.54) is 22.7 Å². The molecule has 0 N–H and O–H groups in total. The van der Waals surface area contributed by atoms with Crippen molar-refractivity contribution < 1.29 is 9.53 Å². The number of thioether (sulfide) groups is 1. The van der Waals surface area contributed by atoms with E-state index in [0.717, 1.165) is 23.3 Å². The van der Waals surface area contributed by atoms with Gasteiger partial charge in [-0.1, -0.05) is 54.2 Å². The van der Waals surface area contributed by atoms with Gasteiger partial charge in [-0.15, -0.1) is 0 Å². The number of hydrogen-bond acceptors (Lipinski definition) is 3. The highest BCUT2D eigenvalue weighted by Crippen LogP contribution is 2.29. The molecule has 0 saturated carbocycles. The predicted octanol–water partition coefficient (Wildman–Crippen LogP) is 4.53. The van der Waals surface area contributed by atoms with Gasteiger partial charge in [-0.3, -0.25) is 4.79 Å². The molecule has 0 aliphatic heterocycles. The van der Waals surface area contributed by atoms with Crippen molar-refractivity contribution in [2.45, 2.75) is 13.3 Å². The molecule has 0 heterocycles. The van der Waals surface area contributed by atoms with E-state index in [-0.39, 0.29) is 5.12 Å². The van der Waals surface area contributed by atoms with Crippen molar-refractivity contribution in [1.29, 1.82) is 0 Å². The van der Waals surface area contributed by atoms with Crippen molar-refractivity contribution in [3.63, 3.8) is 0 Å². The van der Waals surface area contributed by atoms with Crippen LogP contribution in [0.3, 0.4) is 0 Å². The van der Waals surface area contributed by atoms with E-state index in [1.807, 2.05) is 18.2 Å². The van der Waals surface area contributed by atoms with Crippen LogP contribution in [0.2, 0.25) is 0 Å². The molecule has 0 radical (unpaired) electrons. The number of ether oxygens (including phenoxy) is 1. The zero-order chi connectivity index (χ0) is 14.4. The second-order valence-electron chi connectivity index (χ2n) is 4.43. The predicted molar refractivity (Wildman–Crippen MR) is 87.3 cm³/mol. The topological polar surface area (TPSA) is 26.3 Å². The number of carbonyl (C=O) groups is 1. The minimum absolute atomic E-state index is 0.174. The quantitative estimate of drug-likeness (QED) is 0.755. The Bertz CT molecular complexity index is 632. The number of hydrogen-bond donors (Lipinski definition) is 0. The molecule has 2 aromatic rings. The molecule has 0 aliphatic rings. The lowest BCUT2D eigenvalue weighted by molar-refractivity contribution is -0.109. The lowest BCUT2D eigenvalue weighted by Crippen LogP contribution is -1.87. The van der Waals surface area contributed by atoms with Crippen LogP contribution in [0.4, 0.5) is 0 Å². The molecule has 0 spiro atoms. The fraction of sp³-hybridized carbons (Fsp3) is 0.235. The Kier molecular flexibility index (Phi) is 5.24. The summed E-state index contributed by atoms with van der Waals surface area (Å²) in [6.07, 6.45) is 5.12. The largest absolute Gasteiger partial charge is 0.496 e. The van der Waals surface area contributed by atoms with Gasteiger partial charge in [0, 0.05) is 18.1 Å². The Morgan fingerprint density at radius 3 is 2.65 bits per heavy atom. The normalized spacial score (nSPS) is 11.1. The zero-order valence-corrected chi connectivity index (χ0v) is 12.6. The summed E-state index contributed by atoms with van der Waals surface area (Å²) in [6, 6.07) is 12.3. The SMILES string of the molecule is COc1ccc(C=CCCSC(C)=O)c2ccccc12. The monoisotopic (exact) mass is 286 g/mol. The van der Waals surface area contributed by atoms with Crippen LogP contribution in [-0.2, 0) is 4.79 Å². The smallest absolute Gasteiger partial charge is 0.185 e. The van der Waals surface area contributed by atoms with E-state index >= 15 is 0 Å². The molecule has 2 aromatic carbocycles. The molecule has 0 unspecified atom stereocenters. The Labute approximate surface area is 123 Å². The third-order valence-electron chi connectivity index (χ3n) is 3.02. The molecule has 2 nitrogen and oxygen atoms in total. The summed E-state index contributed by atoms with van der Waals surface area (Å²) in [5.74, 6) is 1.73. The van der Waals surface area contributed by atoms with Gasteiger partial charge in [0.2, 0.25) is 0 Å². The van der Waals surface area contributed by atoms with Gasteiger partial charge < -0.3 is 4.74 Å². The van der Waals surface area contributed by atoms with E-state index in [2.05, 4.69) is 30.4 Å². The van der Waals surface area contributed by atoms with Crippen LogP contribution in [0.5, 0.6) is 5.75 Å². The molecular weight excluding hydrogens is 268 g/mol. The highest BCUT2D eigenvalue weighted by Gasteiger charge is 2.03. The fourth-order valence-electron chi connectivity index (χ4n) is 2.10. The summed E-state index contributed by atoms with van der Waals surface area (Å²) in [5, 5.41) is 2.48. The second-order valence-corrected chi connectivity index (χ2v) is 5.71. The number of benzene rings is 2. The molecule has 3 heteroatoms. The first-order valence-electron chi connectivity index (χ1n) is 6.58. The van der Waals surface area contributed by atoms with Gasteiger partial charge in [-0.25, -0.2) is 0 Å². The summed E-state index contributed by atoms with van der Waals surface area (Å²) in [4.78, 5) is 10.8. The van der Waals surface area contributed by atoms with Crippen molar-refractivity contribution in [1.82, 2.24) is 0 Å². The number of rotatable bonds is 5. The first-order chi connectivity index (χ1) is 9.72. The molecule has 0 bridgehead atoms. The molecule has 0 saturated heterocycles. The van der Waals surface area contributed by atoms with Crippen molar-refractivity contribution in [3.05, 3.63) is 48.0 Å². The number of carbonyl (C=O) groups excluding carboxylic acids is 1. The Balaban J connectivity index is 2.18. The number of allylic oxidation sites excluding steroid dienone is 1. The number of methoxy groups -OCH3 is 1. The van der Waals surface area contributed by atoms with Gasteiger partial charge >= 0.3 is 0 Å². The maximum atomic E-state index is 10.8. The summed E-state index contributed by atoms with van der Waals surface area (Å²) in [5.41, 5.74) is 1.18. The highest BCUT2D eigenvalue weighted by molar-refractivity contribution is 8.13. The molecular formula is C17H18O2S. The van der Waals surface area contributed by atoms with E-state index in [0.29, 0.717) is 0 Å². The maximum Gasteiger partial charge on any atom is 0.185 e. The van der Waals surface area contributed by atoms with Crippen molar-refractivity contribution in [2.75, 3.05) is 12.9 Å². The van der Waals surface area contributed by atoms with Crippen LogP contribution in [0.1, 0.15) is 18.9 Å². The minimum Gasteiger partial charge on any atom is -0.496 e. The molecule has 0 aliphatic carbocycles. The fourth-order valence-corrected chi connectivity index (χ4v) is 2.64. The Morgan fingerprint density at radius 2 is 1.95 bits per heavy atom. The van der Waals surface area contributed by atoms with Crippen LogP contribution >= 0.6 is 11.8 Å². The first-order valence-corrected chi connectivity index (χ1v) is 7.56. The summed E-state index contributed by atoms with van der Waals surface area (Å²) < 4.78 is 5.39. The average Bonchev–Trinajstić information content (AvgIpc) is 2.46. The maximum absolute atomic E-state index is 10.8. The lowest BCUT2D eigenvalue weighted by Gasteiger charge is -2.07. The molecule has 2 rings (SSSR count). The lowest BCUT2D eigenvalue weighted by atomic mass is 10.0. The third kappa shape index (κ3) is 3.64. The summed E-state index contributed by atoms with van der Waals surface area (Å²) >= 11 is 1.37. The minimum atomic E-state index is 0.174. The highest BCUT2D eigenvalue weighted by atomic mass is 32.2. The Morgan fingerprint density at radius 1 is 1.20 bits per heavy atom. The van der Waals surface area contributed by atoms with Crippen LogP contribution in [-0.4, -0.2) is 18.0 Å². The van der Waals surface area contributed by atoms with Crippen molar-refractivity contribution in [3.8, 4) is 5.75 Å². The van der Waals surface area contributed by atoms with E-state index in [1.54, 1.807) is 14.0 Å². The van der Waals surface area contributed by atoms with Crippen LogP contribution in [0.25, 0.3) is 16.8 Å². The summed E-state index contributed by atoms with van der Waals surface area (Å²) in [7, 11) is 1.69. The zero-order valence-electron chi connectivity index (χ0n) is 11.8. The Hall–Kier alpha value is -1.74. The molecule has 0 atom stereocenters. The van der Waals surface area contributed by atoms with Gasteiger partial charge in [-0.2, -0.15) is 0 Å². The van der Waals surface area contributed by atoms with Gasteiger partial charge in [0.05, 0.1) is 7.11 Å².